The molecule has 4 nitrogen and oxygen atoms in total. The van der Waals surface area contributed by atoms with Crippen LogP contribution in [0, 0.1) is 6.92 Å². The van der Waals surface area contributed by atoms with Gasteiger partial charge in [0, 0.05) is 24.3 Å². The summed E-state index contributed by atoms with van der Waals surface area (Å²) in [5, 5.41) is 0. The van der Waals surface area contributed by atoms with Crippen LogP contribution >= 0.6 is 0 Å². The number of hydrogen-bond acceptors (Lipinski definition) is 3. The van der Waals surface area contributed by atoms with Crippen molar-refractivity contribution in [2.45, 2.75) is 26.4 Å². The molecule has 1 heterocycles. The van der Waals surface area contributed by atoms with Crippen LogP contribution in [0.1, 0.15) is 12.6 Å². The minimum Gasteiger partial charge on any atom is -0.326 e. The molecule has 1 atom stereocenters. The van der Waals surface area contributed by atoms with E-state index in [9.17, 15) is 4.79 Å². The summed E-state index contributed by atoms with van der Waals surface area (Å²) in [7, 11) is 0. The molecule has 0 bridgehead atoms. The summed E-state index contributed by atoms with van der Waals surface area (Å²) < 4.78 is 1.51. The number of nitrogens with two attached hydrogens (primary N) is 1. The molecule has 66 valence electrons. The Morgan fingerprint density at radius 1 is 1.75 bits per heavy atom. The molecule has 2 N–H and O–H groups in total. The Hall–Kier alpha value is -1.16. The highest BCUT2D eigenvalue weighted by atomic mass is 16.1. The van der Waals surface area contributed by atoms with Crippen molar-refractivity contribution in [3.05, 3.63) is 28.4 Å². The highest BCUT2D eigenvalue weighted by Crippen LogP contribution is 1.86. The molecule has 0 saturated carbocycles. The van der Waals surface area contributed by atoms with Crippen LogP contribution in [0.2, 0.25) is 0 Å². The second-order valence-electron chi connectivity index (χ2n) is 3.00. The Morgan fingerprint density at radius 3 is 2.92 bits per heavy atom. The summed E-state index contributed by atoms with van der Waals surface area (Å²) in [5.74, 6) is 0. The van der Waals surface area contributed by atoms with Crippen LogP contribution in [0.5, 0.6) is 0 Å². The highest BCUT2D eigenvalue weighted by Gasteiger charge is 1.99. The molecular weight excluding hydrogens is 154 g/mol. The Balaban J connectivity index is 2.94. The number of aryl methyl sites for hydroxylation is 1. The molecule has 0 amide bonds. The van der Waals surface area contributed by atoms with Crippen LogP contribution in [-0.4, -0.2) is 15.6 Å². The van der Waals surface area contributed by atoms with Crippen molar-refractivity contribution < 1.29 is 0 Å². The Bertz CT molecular complexity index is 316. The fraction of sp³-hybridized carbons (Fsp3) is 0.500. The molecule has 0 saturated heterocycles. The maximum Gasteiger partial charge on any atom is 0.253 e. The summed E-state index contributed by atoms with van der Waals surface area (Å²) in [6.07, 6.45) is 1.53. The summed E-state index contributed by atoms with van der Waals surface area (Å²) in [4.78, 5) is 15.2. The van der Waals surface area contributed by atoms with E-state index in [2.05, 4.69) is 4.98 Å². The van der Waals surface area contributed by atoms with Gasteiger partial charge in [0.1, 0.15) is 0 Å². The van der Waals surface area contributed by atoms with Crippen LogP contribution in [0.15, 0.2) is 17.2 Å². The maximum atomic E-state index is 11.2. The molecular formula is C8H13N3O. The first-order chi connectivity index (χ1) is 5.59. The average molecular weight is 167 g/mol. The smallest absolute Gasteiger partial charge is 0.253 e. The van der Waals surface area contributed by atoms with E-state index in [1.54, 1.807) is 6.92 Å². The molecule has 0 fully saturated rings. The Labute approximate surface area is 71.0 Å². The van der Waals surface area contributed by atoms with Crippen molar-refractivity contribution in [1.29, 1.82) is 0 Å². The van der Waals surface area contributed by atoms with Gasteiger partial charge < -0.3 is 5.73 Å². The number of rotatable bonds is 2. The van der Waals surface area contributed by atoms with Crippen LogP contribution in [0.25, 0.3) is 0 Å². The first-order valence-electron chi connectivity index (χ1n) is 3.88. The third-order valence-corrected chi connectivity index (χ3v) is 1.50. The molecule has 1 aromatic heterocycles. The standard InChI is InChI=1S/C8H13N3O/c1-6(9)4-11-5-10-7(2)3-8(11)12/h3,5-6H,4,9H2,1-2H3. The van der Waals surface area contributed by atoms with Crippen LogP contribution < -0.4 is 11.3 Å². The van der Waals surface area contributed by atoms with Gasteiger partial charge in [0.05, 0.1) is 6.33 Å². The Morgan fingerprint density at radius 2 is 2.42 bits per heavy atom. The lowest BCUT2D eigenvalue weighted by atomic mass is 10.3. The van der Waals surface area contributed by atoms with Gasteiger partial charge in [-0.05, 0) is 13.8 Å². The number of hydrogen-bond donors (Lipinski definition) is 1. The van der Waals surface area contributed by atoms with Gasteiger partial charge in [-0.3, -0.25) is 9.36 Å². The van der Waals surface area contributed by atoms with Crippen molar-refractivity contribution in [2.24, 2.45) is 5.73 Å². The van der Waals surface area contributed by atoms with E-state index in [4.69, 9.17) is 5.73 Å². The third-order valence-electron chi connectivity index (χ3n) is 1.50. The van der Waals surface area contributed by atoms with Gasteiger partial charge in [-0.15, -0.1) is 0 Å². The summed E-state index contributed by atoms with van der Waals surface area (Å²) in [5.41, 5.74) is 6.24. The maximum absolute atomic E-state index is 11.2. The van der Waals surface area contributed by atoms with Crippen molar-refractivity contribution in [2.75, 3.05) is 0 Å². The van der Waals surface area contributed by atoms with E-state index in [-0.39, 0.29) is 11.6 Å². The first kappa shape index (κ1) is 8.93. The lowest BCUT2D eigenvalue weighted by molar-refractivity contribution is 0.564. The second kappa shape index (κ2) is 3.49. The van der Waals surface area contributed by atoms with Gasteiger partial charge in [-0.2, -0.15) is 0 Å². The quantitative estimate of drug-likeness (QED) is 0.669. The predicted octanol–water partition coefficient (Wildman–Crippen LogP) is -0.101. The van der Waals surface area contributed by atoms with Crippen LogP contribution in [0.3, 0.4) is 0 Å². The molecule has 12 heavy (non-hydrogen) atoms. The molecule has 0 radical (unpaired) electrons. The van der Waals surface area contributed by atoms with Gasteiger partial charge in [-0.25, -0.2) is 4.98 Å². The second-order valence-corrected chi connectivity index (χ2v) is 3.00. The van der Waals surface area contributed by atoms with Gasteiger partial charge >= 0.3 is 0 Å². The molecule has 1 unspecified atom stereocenters. The molecule has 4 heteroatoms. The molecule has 0 aliphatic heterocycles. The molecule has 0 aliphatic rings. The fourth-order valence-electron chi connectivity index (χ4n) is 0.964. The van der Waals surface area contributed by atoms with Crippen molar-refractivity contribution in [3.63, 3.8) is 0 Å². The highest BCUT2D eigenvalue weighted by molar-refractivity contribution is 4.96. The molecule has 0 aromatic carbocycles. The summed E-state index contributed by atoms with van der Waals surface area (Å²) in [6, 6.07) is 1.48. The van der Waals surface area contributed by atoms with Crippen molar-refractivity contribution in [3.8, 4) is 0 Å². The van der Waals surface area contributed by atoms with Gasteiger partial charge in [0.25, 0.3) is 5.56 Å². The topological polar surface area (TPSA) is 60.9 Å². The number of nitrogens with zero attached hydrogens (tertiary/aromatic N) is 2. The molecule has 1 rings (SSSR count). The largest absolute Gasteiger partial charge is 0.326 e. The Kier molecular flexibility index (Phi) is 2.60. The van der Waals surface area contributed by atoms with E-state index in [1.165, 1.54) is 17.0 Å². The molecule has 1 aromatic rings. The minimum atomic E-state index is -0.0419. The van der Waals surface area contributed by atoms with E-state index in [0.29, 0.717) is 6.54 Å². The van der Waals surface area contributed by atoms with E-state index in [1.807, 2.05) is 6.92 Å². The SMILES string of the molecule is Cc1cc(=O)n(CC(C)N)cn1. The molecule has 0 spiro atoms. The van der Waals surface area contributed by atoms with Gasteiger partial charge in [-0.1, -0.05) is 0 Å². The van der Waals surface area contributed by atoms with E-state index >= 15 is 0 Å². The van der Waals surface area contributed by atoms with Crippen LogP contribution in [-0.2, 0) is 6.54 Å². The van der Waals surface area contributed by atoms with E-state index < -0.39 is 0 Å². The molecule has 0 aliphatic carbocycles. The lowest BCUT2D eigenvalue weighted by Gasteiger charge is -2.07. The zero-order valence-electron chi connectivity index (χ0n) is 7.32. The zero-order chi connectivity index (χ0) is 9.14. The summed E-state index contributed by atoms with van der Waals surface area (Å²) in [6.45, 7) is 4.16. The fourth-order valence-corrected chi connectivity index (χ4v) is 0.964. The van der Waals surface area contributed by atoms with Crippen molar-refractivity contribution in [1.82, 2.24) is 9.55 Å². The van der Waals surface area contributed by atoms with Gasteiger partial charge in [0.15, 0.2) is 0 Å². The summed E-state index contributed by atoms with van der Waals surface area (Å²) >= 11 is 0. The zero-order valence-corrected chi connectivity index (χ0v) is 7.32. The third kappa shape index (κ3) is 2.17. The van der Waals surface area contributed by atoms with E-state index in [0.717, 1.165) is 5.69 Å². The number of aromatic nitrogens is 2. The predicted molar refractivity (Wildman–Crippen MR) is 46.9 cm³/mol. The van der Waals surface area contributed by atoms with Crippen LogP contribution in [0.4, 0.5) is 0 Å². The normalized spacial score (nSPS) is 12.9. The lowest BCUT2D eigenvalue weighted by Crippen LogP contribution is -2.29. The monoisotopic (exact) mass is 167 g/mol. The van der Waals surface area contributed by atoms with Crippen molar-refractivity contribution >= 4 is 0 Å². The first-order valence-corrected chi connectivity index (χ1v) is 3.88. The average Bonchev–Trinajstić information content (AvgIpc) is 1.94. The van der Waals surface area contributed by atoms with Gasteiger partial charge in [0.2, 0.25) is 0 Å². The minimum absolute atomic E-state index is 0.0211.